The average molecular weight is 308 g/mol. The molecule has 3 rings (SSSR count). The number of hydrogen-bond acceptors (Lipinski definition) is 4. The van der Waals surface area contributed by atoms with Crippen LogP contribution in [-0.2, 0) is 16.0 Å². The maximum atomic E-state index is 12.2. The zero-order valence-electron chi connectivity index (χ0n) is 12.5. The van der Waals surface area contributed by atoms with Crippen molar-refractivity contribution in [3.05, 3.63) is 22.4 Å². The molecule has 0 unspecified atom stereocenters. The lowest BCUT2D eigenvalue weighted by molar-refractivity contribution is -0.133. The van der Waals surface area contributed by atoms with E-state index >= 15 is 0 Å². The van der Waals surface area contributed by atoms with Gasteiger partial charge < -0.3 is 9.64 Å². The van der Waals surface area contributed by atoms with Crippen molar-refractivity contribution in [3.63, 3.8) is 0 Å². The lowest BCUT2D eigenvalue weighted by atomic mass is 10.2. The van der Waals surface area contributed by atoms with Gasteiger partial charge in [-0.15, -0.1) is 11.3 Å². The van der Waals surface area contributed by atoms with E-state index in [0.29, 0.717) is 18.4 Å². The predicted octanol–water partition coefficient (Wildman–Crippen LogP) is 2.00. The number of rotatable bonds is 5. The molecule has 0 aromatic carbocycles. The number of aryl methyl sites for hydroxylation is 1. The van der Waals surface area contributed by atoms with Crippen molar-refractivity contribution < 1.29 is 9.53 Å². The number of nitrogens with zero attached hydrogens (tertiary/aromatic N) is 2. The zero-order valence-corrected chi connectivity index (χ0v) is 13.3. The van der Waals surface area contributed by atoms with E-state index in [1.165, 1.54) is 17.7 Å². The second-order valence-corrected chi connectivity index (χ2v) is 6.93. The molecule has 3 heterocycles. The number of hydrogen-bond donors (Lipinski definition) is 0. The van der Waals surface area contributed by atoms with Crippen molar-refractivity contribution >= 4 is 17.2 Å². The van der Waals surface area contributed by atoms with Crippen molar-refractivity contribution in [2.24, 2.45) is 0 Å². The Labute approximate surface area is 130 Å². The molecular weight excluding hydrogens is 284 g/mol. The zero-order chi connectivity index (χ0) is 14.5. The molecule has 2 saturated heterocycles. The molecule has 1 aromatic rings. The van der Waals surface area contributed by atoms with Crippen LogP contribution < -0.4 is 0 Å². The topological polar surface area (TPSA) is 32.8 Å². The van der Waals surface area contributed by atoms with E-state index in [4.69, 9.17) is 4.74 Å². The molecular formula is C16H24N2O2S. The van der Waals surface area contributed by atoms with Gasteiger partial charge in [-0.3, -0.25) is 9.69 Å². The lowest BCUT2D eigenvalue weighted by Gasteiger charge is -2.35. The molecule has 2 aliphatic heterocycles. The van der Waals surface area contributed by atoms with Crippen LogP contribution in [0.5, 0.6) is 0 Å². The van der Waals surface area contributed by atoms with Crippen LogP contribution in [0.4, 0.5) is 0 Å². The van der Waals surface area contributed by atoms with Crippen molar-refractivity contribution in [2.75, 3.05) is 39.3 Å². The molecule has 5 heteroatoms. The van der Waals surface area contributed by atoms with Crippen LogP contribution in [0.25, 0.3) is 0 Å². The lowest BCUT2D eigenvalue weighted by Crippen LogP contribution is -2.50. The third-order valence-corrected chi connectivity index (χ3v) is 5.31. The molecule has 1 atom stereocenters. The van der Waals surface area contributed by atoms with Crippen molar-refractivity contribution in [1.29, 1.82) is 0 Å². The fourth-order valence-corrected chi connectivity index (χ4v) is 3.81. The van der Waals surface area contributed by atoms with E-state index in [9.17, 15) is 4.79 Å². The largest absolute Gasteiger partial charge is 0.377 e. The quantitative estimate of drug-likeness (QED) is 0.834. The number of ether oxygens (including phenoxy) is 1. The van der Waals surface area contributed by atoms with Gasteiger partial charge in [-0.1, -0.05) is 6.07 Å². The van der Waals surface area contributed by atoms with Gasteiger partial charge in [-0.05, 0) is 30.7 Å². The standard InChI is InChI=1S/C16H24N2O2S/c19-16(6-5-15-4-2-12-21-15)18-9-7-17(8-10-18)13-14-3-1-11-20-14/h2,4,12,14H,1,3,5-11,13H2/t14-/m1/s1. The summed E-state index contributed by atoms with van der Waals surface area (Å²) >= 11 is 1.74. The van der Waals surface area contributed by atoms with E-state index < -0.39 is 0 Å². The first-order valence-electron chi connectivity index (χ1n) is 7.95. The Balaban J connectivity index is 1.37. The maximum absolute atomic E-state index is 12.2. The molecule has 0 saturated carbocycles. The van der Waals surface area contributed by atoms with E-state index in [1.54, 1.807) is 11.3 Å². The van der Waals surface area contributed by atoms with Gasteiger partial charge in [0, 0.05) is 50.6 Å². The van der Waals surface area contributed by atoms with Gasteiger partial charge in [0.15, 0.2) is 0 Å². The number of carbonyl (C=O) groups excluding carboxylic acids is 1. The predicted molar refractivity (Wildman–Crippen MR) is 84.6 cm³/mol. The molecule has 0 aliphatic carbocycles. The average Bonchev–Trinajstić information content (AvgIpc) is 3.19. The second-order valence-electron chi connectivity index (χ2n) is 5.90. The summed E-state index contributed by atoms with van der Waals surface area (Å²) in [6.07, 6.45) is 4.34. The first kappa shape index (κ1) is 15.0. The number of carbonyl (C=O) groups is 1. The minimum absolute atomic E-state index is 0.306. The molecule has 0 N–H and O–H groups in total. The fourth-order valence-electron chi connectivity index (χ4n) is 3.10. The normalized spacial score (nSPS) is 23.6. The van der Waals surface area contributed by atoms with Crippen LogP contribution in [-0.4, -0.2) is 61.1 Å². The molecule has 4 nitrogen and oxygen atoms in total. The molecule has 0 radical (unpaired) electrons. The van der Waals surface area contributed by atoms with Crippen molar-refractivity contribution in [3.8, 4) is 0 Å². The Morgan fingerprint density at radius 2 is 2.19 bits per heavy atom. The second kappa shape index (κ2) is 7.38. The van der Waals surface area contributed by atoms with Gasteiger partial charge in [0.25, 0.3) is 0 Å². The first-order chi connectivity index (χ1) is 10.3. The Morgan fingerprint density at radius 1 is 1.33 bits per heavy atom. The van der Waals surface area contributed by atoms with Gasteiger partial charge >= 0.3 is 0 Å². The molecule has 1 aromatic heterocycles. The van der Waals surface area contributed by atoms with Gasteiger partial charge in [0.05, 0.1) is 6.10 Å². The van der Waals surface area contributed by atoms with Gasteiger partial charge in [-0.25, -0.2) is 0 Å². The first-order valence-corrected chi connectivity index (χ1v) is 8.83. The molecule has 116 valence electrons. The van der Waals surface area contributed by atoms with E-state index in [-0.39, 0.29) is 0 Å². The van der Waals surface area contributed by atoms with E-state index in [1.807, 2.05) is 11.0 Å². The molecule has 21 heavy (non-hydrogen) atoms. The summed E-state index contributed by atoms with van der Waals surface area (Å²) in [5, 5.41) is 2.07. The summed E-state index contributed by atoms with van der Waals surface area (Å²) in [4.78, 5) is 18.0. The summed E-state index contributed by atoms with van der Waals surface area (Å²) in [7, 11) is 0. The summed E-state index contributed by atoms with van der Waals surface area (Å²) in [5.41, 5.74) is 0. The number of amides is 1. The van der Waals surface area contributed by atoms with Crippen LogP contribution >= 0.6 is 11.3 Å². The highest BCUT2D eigenvalue weighted by molar-refractivity contribution is 7.09. The molecule has 2 aliphatic rings. The van der Waals surface area contributed by atoms with E-state index in [2.05, 4.69) is 16.3 Å². The summed E-state index contributed by atoms with van der Waals surface area (Å²) in [6, 6.07) is 4.16. The number of piperazine rings is 1. The Morgan fingerprint density at radius 3 is 2.86 bits per heavy atom. The van der Waals surface area contributed by atoms with Crippen molar-refractivity contribution in [1.82, 2.24) is 9.80 Å². The Bertz CT molecular complexity index is 435. The van der Waals surface area contributed by atoms with Crippen LogP contribution in [0, 0.1) is 0 Å². The smallest absolute Gasteiger partial charge is 0.223 e. The third-order valence-electron chi connectivity index (χ3n) is 4.38. The minimum atomic E-state index is 0.306. The highest BCUT2D eigenvalue weighted by Crippen LogP contribution is 2.15. The van der Waals surface area contributed by atoms with Gasteiger partial charge in [0.1, 0.15) is 0 Å². The highest BCUT2D eigenvalue weighted by Gasteiger charge is 2.24. The summed E-state index contributed by atoms with van der Waals surface area (Å²) in [5.74, 6) is 0.306. The Kier molecular flexibility index (Phi) is 5.27. The van der Waals surface area contributed by atoms with E-state index in [0.717, 1.165) is 45.8 Å². The van der Waals surface area contributed by atoms with Gasteiger partial charge in [-0.2, -0.15) is 0 Å². The van der Waals surface area contributed by atoms with Crippen LogP contribution in [0.2, 0.25) is 0 Å². The van der Waals surface area contributed by atoms with Crippen LogP contribution in [0.15, 0.2) is 17.5 Å². The molecule has 2 fully saturated rings. The minimum Gasteiger partial charge on any atom is -0.377 e. The SMILES string of the molecule is O=C(CCc1cccs1)N1CCN(C[C@H]2CCCO2)CC1. The van der Waals surface area contributed by atoms with Crippen LogP contribution in [0.3, 0.4) is 0 Å². The highest BCUT2D eigenvalue weighted by atomic mass is 32.1. The molecule has 0 spiro atoms. The summed E-state index contributed by atoms with van der Waals surface area (Å²) < 4.78 is 5.69. The Hall–Kier alpha value is -0.910. The monoisotopic (exact) mass is 308 g/mol. The van der Waals surface area contributed by atoms with Gasteiger partial charge in [0.2, 0.25) is 5.91 Å². The van der Waals surface area contributed by atoms with Crippen LogP contribution in [0.1, 0.15) is 24.1 Å². The van der Waals surface area contributed by atoms with Crippen molar-refractivity contribution in [2.45, 2.75) is 31.8 Å². The summed E-state index contributed by atoms with van der Waals surface area (Å²) in [6.45, 7) is 5.68. The molecule has 0 bridgehead atoms. The molecule has 1 amide bonds. The maximum Gasteiger partial charge on any atom is 0.223 e. The number of thiophene rings is 1. The third kappa shape index (κ3) is 4.28. The fraction of sp³-hybridized carbons (Fsp3) is 0.688.